The Morgan fingerprint density at radius 3 is 2.67 bits per heavy atom. The minimum atomic E-state index is 0.502. The van der Waals surface area contributed by atoms with Crippen LogP contribution in [-0.2, 0) is 6.42 Å². The monoisotopic (exact) mass is 247 g/mol. The molecule has 0 aromatic heterocycles. The number of nitrogens with two attached hydrogens (primary N) is 1. The van der Waals surface area contributed by atoms with E-state index in [1.54, 1.807) is 0 Å². The second kappa shape index (κ2) is 6.32. The lowest BCUT2D eigenvalue weighted by molar-refractivity contribution is 0.0625. The summed E-state index contributed by atoms with van der Waals surface area (Å²) in [4.78, 5) is 4.95. The zero-order valence-corrected chi connectivity index (χ0v) is 11.5. The topological polar surface area (TPSA) is 32.5 Å². The highest BCUT2D eigenvalue weighted by molar-refractivity contribution is 5.15. The zero-order chi connectivity index (χ0) is 13.0. The molecule has 2 unspecified atom stereocenters. The highest BCUT2D eigenvalue weighted by atomic mass is 15.3. The van der Waals surface area contributed by atoms with Gasteiger partial charge in [0.25, 0.3) is 0 Å². The van der Waals surface area contributed by atoms with Crippen molar-refractivity contribution in [1.29, 1.82) is 0 Å². The molecule has 2 N–H and O–H groups in total. The van der Waals surface area contributed by atoms with Crippen molar-refractivity contribution in [3.8, 4) is 0 Å². The van der Waals surface area contributed by atoms with Crippen molar-refractivity contribution in [3.63, 3.8) is 0 Å². The van der Waals surface area contributed by atoms with Gasteiger partial charge in [0.05, 0.1) is 0 Å². The molecule has 1 fully saturated rings. The molecule has 1 saturated heterocycles. The molecule has 0 spiro atoms. The normalized spacial score (nSPS) is 24.1. The molecule has 1 aliphatic heterocycles. The summed E-state index contributed by atoms with van der Waals surface area (Å²) in [5.41, 5.74) is 7.34. The van der Waals surface area contributed by atoms with Gasteiger partial charge in [-0.25, -0.2) is 0 Å². The summed E-state index contributed by atoms with van der Waals surface area (Å²) >= 11 is 0. The number of piperazine rings is 1. The Kier molecular flexibility index (Phi) is 4.75. The summed E-state index contributed by atoms with van der Waals surface area (Å²) < 4.78 is 0. The van der Waals surface area contributed by atoms with Gasteiger partial charge >= 0.3 is 0 Å². The van der Waals surface area contributed by atoms with Crippen LogP contribution in [0.25, 0.3) is 0 Å². The number of rotatable bonds is 4. The fraction of sp³-hybridized carbons (Fsp3) is 0.600. The Hall–Kier alpha value is -0.900. The van der Waals surface area contributed by atoms with Gasteiger partial charge < -0.3 is 10.6 Å². The van der Waals surface area contributed by atoms with Crippen LogP contribution in [0.2, 0.25) is 0 Å². The Labute approximate surface area is 111 Å². The Bertz CT molecular complexity index is 352. The van der Waals surface area contributed by atoms with E-state index in [-0.39, 0.29) is 0 Å². The molecule has 100 valence electrons. The molecule has 0 radical (unpaired) electrons. The summed E-state index contributed by atoms with van der Waals surface area (Å²) in [5.74, 6) is 0. The van der Waals surface area contributed by atoms with Crippen molar-refractivity contribution in [2.45, 2.75) is 25.4 Å². The molecule has 3 nitrogen and oxygen atoms in total. The van der Waals surface area contributed by atoms with Crippen molar-refractivity contribution in [2.75, 3.05) is 33.2 Å². The molecular weight excluding hydrogens is 222 g/mol. The van der Waals surface area contributed by atoms with Crippen molar-refractivity contribution in [3.05, 3.63) is 35.9 Å². The van der Waals surface area contributed by atoms with Crippen molar-refractivity contribution in [1.82, 2.24) is 9.80 Å². The van der Waals surface area contributed by atoms with Crippen LogP contribution in [0.1, 0.15) is 12.5 Å². The van der Waals surface area contributed by atoms with Gasteiger partial charge in [-0.15, -0.1) is 0 Å². The molecule has 1 aromatic carbocycles. The maximum absolute atomic E-state index is 5.92. The first-order valence-corrected chi connectivity index (χ1v) is 6.89. The van der Waals surface area contributed by atoms with Crippen LogP contribution >= 0.6 is 0 Å². The van der Waals surface area contributed by atoms with Crippen molar-refractivity contribution in [2.24, 2.45) is 5.73 Å². The van der Waals surface area contributed by atoms with E-state index in [4.69, 9.17) is 5.73 Å². The van der Waals surface area contributed by atoms with Crippen molar-refractivity contribution >= 4 is 0 Å². The van der Waals surface area contributed by atoms with Gasteiger partial charge in [0, 0.05) is 38.3 Å². The minimum absolute atomic E-state index is 0.502. The second-order valence-corrected chi connectivity index (χ2v) is 5.43. The lowest BCUT2D eigenvalue weighted by atomic mass is 10.0. The molecule has 1 heterocycles. The number of nitrogens with zero attached hydrogens (tertiary/aromatic N) is 2. The molecule has 1 aromatic rings. The maximum Gasteiger partial charge on any atom is 0.0349 e. The van der Waals surface area contributed by atoms with Gasteiger partial charge in [0.1, 0.15) is 0 Å². The first-order valence-electron chi connectivity index (χ1n) is 6.89. The summed E-state index contributed by atoms with van der Waals surface area (Å²) in [6, 6.07) is 11.8. The van der Waals surface area contributed by atoms with E-state index >= 15 is 0 Å². The largest absolute Gasteiger partial charge is 0.329 e. The zero-order valence-electron chi connectivity index (χ0n) is 11.5. The summed E-state index contributed by atoms with van der Waals surface area (Å²) in [5, 5.41) is 0. The first-order chi connectivity index (χ1) is 8.70. The van der Waals surface area contributed by atoms with Gasteiger partial charge in [0.2, 0.25) is 0 Å². The molecule has 18 heavy (non-hydrogen) atoms. The number of likely N-dealkylation sites (N-methyl/N-ethyl adjacent to an activating group) is 1. The molecule has 3 heteroatoms. The summed E-state index contributed by atoms with van der Waals surface area (Å²) in [6.07, 6.45) is 1.11. The molecule has 0 bridgehead atoms. The Morgan fingerprint density at radius 1 is 1.28 bits per heavy atom. The van der Waals surface area contributed by atoms with Crippen LogP contribution < -0.4 is 5.73 Å². The molecule has 0 saturated carbocycles. The van der Waals surface area contributed by atoms with E-state index in [2.05, 4.69) is 54.1 Å². The summed E-state index contributed by atoms with van der Waals surface area (Å²) in [7, 11) is 2.18. The first kappa shape index (κ1) is 13.5. The number of benzene rings is 1. The standard InChI is InChI=1S/C15H25N3/c1-13(10-14-6-4-3-5-7-14)18-9-8-17(2)12-15(18)11-16/h3-7,13,15H,8-12,16H2,1-2H3. The van der Waals surface area contributed by atoms with E-state index in [1.807, 2.05) is 0 Å². The molecule has 1 aliphatic rings. The summed E-state index contributed by atoms with van der Waals surface area (Å²) in [6.45, 7) is 6.45. The Morgan fingerprint density at radius 2 is 2.00 bits per heavy atom. The van der Waals surface area contributed by atoms with E-state index in [0.717, 1.165) is 32.6 Å². The van der Waals surface area contributed by atoms with E-state index in [9.17, 15) is 0 Å². The number of hydrogen-bond donors (Lipinski definition) is 1. The highest BCUT2D eigenvalue weighted by Crippen LogP contribution is 2.15. The van der Waals surface area contributed by atoms with Gasteiger partial charge in [0.15, 0.2) is 0 Å². The fourth-order valence-electron chi connectivity index (χ4n) is 2.89. The predicted octanol–water partition coefficient (Wildman–Crippen LogP) is 1.19. The van der Waals surface area contributed by atoms with Crippen LogP contribution in [0, 0.1) is 0 Å². The second-order valence-electron chi connectivity index (χ2n) is 5.43. The fourth-order valence-corrected chi connectivity index (χ4v) is 2.89. The third kappa shape index (κ3) is 3.31. The molecule has 2 rings (SSSR count). The van der Waals surface area contributed by atoms with Gasteiger partial charge in [-0.3, -0.25) is 4.90 Å². The van der Waals surface area contributed by atoms with Gasteiger partial charge in [-0.2, -0.15) is 0 Å². The van der Waals surface area contributed by atoms with Crippen LogP contribution in [0.15, 0.2) is 30.3 Å². The van der Waals surface area contributed by atoms with E-state index < -0.39 is 0 Å². The van der Waals surface area contributed by atoms with Gasteiger partial charge in [-0.1, -0.05) is 30.3 Å². The SMILES string of the molecule is CC(Cc1ccccc1)N1CCN(C)CC1CN. The molecule has 0 amide bonds. The third-order valence-electron chi connectivity index (χ3n) is 3.94. The average Bonchev–Trinajstić information content (AvgIpc) is 2.39. The third-order valence-corrected chi connectivity index (χ3v) is 3.94. The Balaban J connectivity index is 1.97. The van der Waals surface area contributed by atoms with Crippen LogP contribution in [0.4, 0.5) is 0 Å². The predicted molar refractivity (Wildman–Crippen MR) is 76.7 cm³/mol. The van der Waals surface area contributed by atoms with Crippen LogP contribution in [0.5, 0.6) is 0 Å². The highest BCUT2D eigenvalue weighted by Gasteiger charge is 2.27. The lowest BCUT2D eigenvalue weighted by Gasteiger charge is -2.43. The molecule has 2 atom stereocenters. The van der Waals surface area contributed by atoms with E-state index in [1.165, 1.54) is 5.56 Å². The molecule has 0 aliphatic carbocycles. The average molecular weight is 247 g/mol. The lowest BCUT2D eigenvalue weighted by Crippen LogP contribution is -2.57. The van der Waals surface area contributed by atoms with E-state index in [0.29, 0.717) is 12.1 Å². The van der Waals surface area contributed by atoms with Crippen LogP contribution in [-0.4, -0.2) is 55.1 Å². The molecular formula is C15H25N3. The number of hydrogen-bond acceptors (Lipinski definition) is 3. The maximum atomic E-state index is 5.92. The van der Waals surface area contributed by atoms with Gasteiger partial charge in [-0.05, 0) is 26.0 Å². The smallest absolute Gasteiger partial charge is 0.0349 e. The quantitative estimate of drug-likeness (QED) is 0.867. The minimum Gasteiger partial charge on any atom is -0.329 e. The van der Waals surface area contributed by atoms with Crippen molar-refractivity contribution < 1.29 is 0 Å². The van der Waals surface area contributed by atoms with Crippen LogP contribution in [0.3, 0.4) is 0 Å².